The number of hydrogen-bond donors (Lipinski definition) is 0. The molecule has 59 valence electrons. The van der Waals surface area contributed by atoms with Crippen molar-refractivity contribution in [2.45, 2.75) is 33.1 Å². The Morgan fingerprint density at radius 1 is 1.36 bits per heavy atom. The summed E-state index contributed by atoms with van der Waals surface area (Å²) in [6.45, 7) is 4.70. The zero-order valence-electron chi connectivity index (χ0n) is 7.35. The third-order valence-corrected chi connectivity index (χ3v) is 2.86. The van der Waals surface area contributed by atoms with Crippen LogP contribution < -0.4 is 0 Å². The van der Waals surface area contributed by atoms with E-state index >= 15 is 0 Å². The Morgan fingerprint density at radius 3 is 2.91 bits per heavy atom. The van der Waals surface area contributed by atoms with E-state index in [1.54, 1.807) is 11.1 Å². The fourth-order valence-corrected chi connectivity index (χ4v) is 2.12. The average molecular weight is 147 g/mol. The summed E-state index contributed by atoms with van der Waals surface area (Å²) in [5, 5.41) is 0. The Labute approximate surface area is 69.0 Å². The summed E-state index contributed by atoms with van der Waals surface area (Å²) in [5.41, 5.74) is 3.61. The molecule has 0 N–H and O–H groups in total. The molecule has 0 saturated heterocycles. The standard InChI is InChI=1S/C11H15/c1-11(2)8-4-6-9-5-3-7-10(9)11/h3,6-7H,4-5,8H2,1-2H3. The molecule has 0 heteroatoms. The second kappa shape index (κ2) is 2.23. The van der Waals surface area contributed by atoms with E-state index in [1.807, 2.05) is 0 Å². The van der Waals surface area contributed by atoms with Gasteiger partial charge in [0.1, 0.15) is 0 Å². The monoisotopic (exact) mass is 147 g/mol. The van der Waals surface area contributed by atoms with Crippen molar-refractivity contribution in [1.82, 2.24) is 0 Å². The lowest BCUT2D eigenvalue weighted by atomic mass is 9.74. The first-order chi connectivity index (χ1) is 5.20. The molecule has 0 amide bonds. The van der Waals surface area contributed by atoms with Crippen LogP contribution in [-0.2, 0) is 0 Å². The van der Waals surface area contributed by atoms with Crippen molar-refractivity contribution < 1.29 is 0 Å². The first-order valence-electron chi connectivity index (χ1n) is 4.43. The van der Waals surface area contributed by atoms with Crippen molar-refractivity contribution in [1.29, 1.82) is 0 Å². The van der Waals surface area contributed by atoms with Gasteiger partial charge >= 0.3 is 0 Å². The Balaban J connectivity index is 2.39. The first kappa shape index (κ1) is 7.15. The molecule has 2 aliphatic rings. The smallest absolute Gasteiger partial charge is 0.0101 e. The van der Waals surface area contributed by atoms with Gasteiger partial charge in [0.15, 0.2) is 0 Å². The molecule has 0 aromatic heterocycles. The van der Waals surface area contributed by atoms with Crippen molar-refractivity contribution in [2.24, 2.45) is 5.41 Å². The van der Waals surface area contributed by atoms with Gasteiger partial charge in [0.05, 0.1) is 0 Å². The zero-order chi connectivity index (χ0) is 7.90. The molecule has 0 bridgehead atoms. The molecule has 0 saturated carbocycles. The van der Waals surface area contributed by atoms with E-state index < -0.39 is 0 Å². The van der Waals surface area contributed by atoms with Crippen LogP contribution in [0.5, 0.6) is 0 Å². The third kappa shape index (κ3) is 1.05. The number of fused-ring (bicyclic) bond motifs is 1. The molecule has 0 atom stereocenters. The summed E-state index contributed by atoms with van der Waals surface area (Å²) in [5.74, 6) is 0. The van der Waals surface area contributed by atoms with Crippen LogP contribution in [0, 0.1) is 11.8 Å². The molecule has 0 aliphatic heterocycles. The fourth-order valence-electron chi connectivity index (χ4n) is 2.12. The molecule has 2 aliphatic carbocycles. The molecule has 0 spiro atoms. The molecule has 0 heterocycles. The molecule has 11 heavy (non-hydrogen) atoms. The van der Waals surface area contributed by atoms with Crippen LogP contribution in [0.25, 0.3) is 0 Å². The van der Waals surface area contributed by atoms with Gasteiger partial charge in [0.25, 0.3) is 0 Å². The molecule has 0 nitrogen and oxygen atoms in total. The maximum Gasteiger partial charge on any atom is -0.0101 e. The summed E-state index contributed by atoms with van der Waals surface area (Å²) in [6, 6.07) is 0. The topological polar surface area (TPSA) is 0 Å². The normalized spacial score (nSPS) is 27.5. The van der Waals surface area contributed by atoms with Crippen LogP contribution in [0.1, 0.15) is 33.1 Å². The molecule has 0 unspecified atom stereocenters. The van der Waals surface area contributed by atoms with Crippen molar-refractivity contribution in [3.05, 3.63) is 29.7 Å². The summed E-state index contributed by atoms with van der Waals surface area (Å²) in [4.78, 5) is 0. The largest absolute Gasteiger partial charge is 0.0810 e. The molecule has 0 aromatic carbocycles. The van der Waals surface area contributed by atoms with E-state index in [0.717, 1.165) is 0 Å². The van der Waals surface area contributed by atoms with Crippen LogP contribution in [0.3, 0.4) is 0 Å². The van der Waals surface area contributed by atoms with Crippen molar-refractivity contribution in [3.63, 3.8) is 0 Å². The summed E-state index contributed by atoms with van der Waals surface area (Å²) >= 11 is 0. The minimum Gasteiger partial charge on any atom is -0.0810 e. The van der Waals surface area contributed by atoms with Gasteiger partial charge in [-0.25, -0.2) is 0 Å². The minimum absolute atomic E-state index is 0.442. The Bertz CT molecular complexity index is 228. The quantitative estimate of drug-likeness (QED) is 0.493. The van der Waals surface area contributed by atoms with E-state index in [4.69, 9.17) is 0 Å². The molecular formula is C11H15. The maximum absolute atomic E-state index is 2.40. The SMILES string of the molecule is CC1(C)CCC=C2C[CH]C=C21. The Kier molecular flexibility index (Phi) is 1.45. The van der Waals surface area contributed by atoms with Crippen molar-refractivity contribution >= 4 is 0 Å². The van der Waals surface area contributed by atoms with Gasteiger partial charge < -0.3 is 0 Å². The van der Waals surface area contributed by atoms with Crippen LogP contribution in [0.2, 0.25) is 0 Å². The average Bonchev–Trinajstić information content (AvgIpc) is 2.34. The maximum atomic E-state index is 2.40. The van der Waals surface area contributed by atoms with Gasteiger partial charge in [-0.1, -0.05) is 26.0 Å². The summed E-state index contributed by atoms with van der Waals surface area (Å²) in [6.07, 6.45) is 10.8. The highest BCUT2D eigenvalue weighted by molar-refractivity contribution is 5.45. The van der Waals surface area contributed by atoms with Gasteiger partial charge in [-0.3, -0.25) is 0 Å². The molecule has 0 aromatic rings. The van der Waals surface area contributed by atoms with Gasteiger partial charge in [-0.05, 0) is 42.2 Å². The Hall–Kier alpha value is -0.520. The van der Waals surface area contributed by atoms with E-state index in [9.17, 15) is 0 Å². The fraction of sp³-hybridized carbons (Fsp3) is 0.545. The van der Waals surface area contributed by atoms with E-state index in [-0.39, 0.29) is 0 Å². The van der Waals surface area contributed by atoms with Gasteiger partial charge in [-0.2, -0.15) is 0 Å². The molecule has 2 rings (SSSR count). The molecule has 0 fully saturated rings. The van der Waals surface area contributed by atoms with Gasteiger partial charge in [0.2, 0.25) is 0 Å². The van der Waals surface area contributed by atoms with Crippen LogP contribution in [0.4, 0.5) is 0 Å². The lowest BCUT2D eigenvalue weighted by molar-refractivity contribution is 0.406. The number of allylic oxidation sites excluding steroid dienone is 4. The highest BCUT2D eigenvalue weighted by atomic mass is 14.3. The van der Waals surface area contributed by atoms with E-state index in [1.165, 1.54) is 19.3 Å². The third-order valence-electron chi connectivity index (χ3n) is 2.86. The molecular weight excluding hydrogens is 132 g/mol. The van der Waals surface area contributed by atoms with Crippen LogP contribution in [-0.4, -0.2) is 0 Å². The molecule has 1 radical (unpaired) electrons. The second-order valence-corrected chi connectivity index (χ2v) is 4.17. The van der Waals surface area contributed by atoms with Crippen molar-refractivity contribution in [2.75, 3.05) is 0 Å². The highest BCUT2D eigenvalue weighted by Crippen LogP contribution is 2.44. The lowest BCUT2D eigenvalue weighted by Gasteiger charge is -2.31. The second-order valence-electron chi connectivity index (χ2n) is 4.17. The van der Waals surface area contributed by atoms with Crippen LogP contribution in [0.15, 0.2) is 23.3 Å². The number of rotatable bonds is 0. The number of hydrogen-bond acceptors (Lipinski definition) is 0. The lowest BCUT2D eigenvalue weighted by Crippen LogP contribution is -2.17. The van der Waals surface area contributed by atoms with Gasteiger partial charge in [0, 0.05) is 0 Å². The van der Waals surface area contributed by atoms with Crippen LogP contribution >= 0.6 is 0 Å². The van der Waals surface area contributed by atoms with E-state index in [0.29, 0.717) is 5.41 Å². The summed E-state index contributed by atoms with van der Waals surface area (Å²) < 4.78 is 0. The first-order valence-corrected chi connectivity index (χ1v) is 4.43. The predicted octanol–water partition coefficient (Wildman–Crippen LogP) is 3.27. The predicted molar refractivity (Wildman–Crippen MR) is 48.1 cm³/mol. The van der Waals surface area contributed by atoms with E-state index in [2.05, 4.69) is 32.4 Å². The highest BCUT2D eigenvalue weighted by Gasteiger charge is 2.30. The van der Waals surface area contributed by atoms with Gasteiger partial charge in [-0.15, -0.1) is 0 Å². The Morgan fingerprint density at radius 2 is 2.18 bits per heavy atom. The summed E-state index contributed by atoms with van der Waals surface area (Å²) in [7, 11) is 0. The zero-order valence-corrected chi connectivity index (χ0v) is 7.35. The minimum atomic E-state index is 0.442. The van der Waals surface area contributed by atoms with Crippen molar-refractivity contribution in [3.8, 4) is 0 Å².